The molecule has 0 aromatic carbocycles. The Labute approximate surface area is 99.0 Å². The van der Waals surface area contributed by atoms with Crippen molar-refractivity contribution in [3.05, 3.63) is 11.2 Å². The zero-order valence-electron chi connectivity index (χ0n) is 8.86. The molecule has 1 aromatic heterocycles. The molecule has 3 N–H and O–H groups in total. The highest BCUT2D eigenvalue weighted by atomic mass is 35.5. The molecule has 2 aliphatic rings. The van der Waals surface area contributed by atoms with Crippen LogP contribution in [-0.4, -0.2) is 22.6 Å². The number of nitrogens with one attached hydrogen (secondary N) is 1. The van der Waals surface area contributed by atoms with Gasteiger partial charge in [-0.1, -0.05) is 11.6 Å². The smallest absolute Gasteiger partial charge is 0.239 e. The van der Waals surface area contributed by atoms with Gasteiger partial charge in [-0.2, -0.15) is 4.98 Å². The summed E-state index contributed by atoms with van der Waals surface area (Å²) in [6.45, 7) is 1.06. The number of rotatable bonds is 2. The van der Waals surface area contributed by atoms with Crippen LogP contribution < -0.4 is 16.2 Å². The van der Waals surface area contributed by atoms with Crippen molar-refractivity contribution in [1.29, 1.82) is 0 Å². The number of nitrogens with two attached hydrogens (primary N) is 1. The monoisotopic (exact) mass is 239 g/mol. The van der Waals surface area contributed by atoms with Crippen molar-refractivity contribution < 1.29 is 0 Å². The third-order valence-electron chi connectivity index (χ3n) is 3.54. The molecule has 0 radical (unpaired) electrons. The number of aromatic nitrogens is 2. The molecule has 0 spiro atoms. The number of hydrogen-bond donors (Lipinski definition) is 2. The summed E-state index contributed by atoms with van der Waals surface area (Å²) >= 11 is 6.14. The molecule has 2 unspecified atom stereocenters. The van der Waals surface area contributed by atoms with Crippen LogP contribution in [-0.2, 0) is 0 Å². The van der Waals surface area contributed by atoms with E-state index < -0.39 is 0 Å². The van der Waals surface area contributed by atoms with E-state index in [1.807, 2.05) is 0 Å². The molecule has 2 bridgehead atoms. The molecule has 1 saturated heterocycles. The minimum absolute atomic E-state index is 0.419. The zero-order chi connectivity index (χ0) is 11.1. The summed E-state index contributed by atoms with van der Waals surface area (Å²) in [6, 6.07) is 0.600. The van der Waals surface area contributed by atoms with Crippen LogP contribution in [0.5, 0.6) is 0 Å². The van der Waals surface area contributed by atoms with Gasteiger partial charge in [-0.15, -0.1) is 0 Å². The number of nitrogen functional groups attached to an aromatic ring is 1. The van der Waals surface area contributed by atoms with E-state index in [0.717, 1.165) is 18.3 Å². The Morgan fingerprint density at radius 2 is 2.38 bits per heavy atom. The first-order valence-electron chi connectivity index (χ1n) is 5.53. The summed E-state index contributed by atoms with van der Waals surface area (Å²) in [5, 5.41) is 0.603. The second-order valence-electron chi connectivity index (χ2n) is 4.49. The molecule has 0 amide bonds. The number of nitrogens with zero attached hydrogens (tertiary/aromatic N) is 3. The molecule has 3 rings (SSSR count). The maximum Gasteiger partial charge on any atom is 0.239 e. The number of halogens is 1. The summed E-state index contributed by atoms with van der Waals surface area (Å²) in [5.74, 6) is 7.35. The van der Waals surface area contributed by atoms with Crippen molar-refractivity contribution in [2.45, 2.75) is 25.3 Å². The van der Waals surface area contributed by atoms with E-state index in [2.05, 4.69) is 20.3 Å². The summed E-state index contributed by atoms with van der Waals surface area (Å²) in [4.78, 5) is 10.6. The standard InChI is InChI=1S/C10H14ClN5/c11-8-4-13-10(15-12)14-9(8)16-5-6-1-2-7(16)3-6/h4,6-7H,1-3,5,12H2,(H,13,14,15). The normalized spacial score (nSPS) is 27.5. The Morgan fingerprint density at radius 1 is 1.50 bits per heavy atom. The van der Waals surface area contributed by atoms with Gasteiger partial charge in [0.15, 0.2) is 5.82 Å². The van der Waals surface area contributed by atoms with Gasteiger partial charge in [-0.25, -0.2) is 10.8 Å². The topological polar surface area (TPSA) is 67.1 Å². The van der Waals surface area contributed by atoms with E-state index in [1.54, 1.807) is 6.20 Å². The molecule has 16 heavy (non-hydrogen) atoms. The first kappa shape index (κ1) is 10.1. The Hall–Kier alpha value is -1.07. The van der Waals surface area contributed by atoms with Gasteiger partial charge in [0.1, 0.15) is 5.02 Å². The fourth-order valence-electron chi connectivity index (χ4n) is 2.81. The van der Waals surface area contributed by atoms with Crippen LogP contribution in [0.25, 0.3) is 0 Å². The van der Waals surface area contributed by atoms with Gasteiger partial charge >= 0.3 is 0 Å². The second kappa shape index (κ2) is 3.75. The quantitative estimate of drug-likeness (QED) is 0.603. The maximum absolute atomic E-state index is 6.14. The minimum Gasteiger partial charge on any atom is -0.352 e. The zero-order valence-corrected chi connectivity index (χ0v) is 9.61. The van der Waals surface area contributed by atoms with Crippen LogP contribution >= 0.6 is 11.6 Å². The highest BCUT2D eigenvalue weighted by Gasteiger charge is 2.39. The average molecular weight is 240 g/mol. The molecular weight excluding hydrogens is 226 g/mol. The van der Waals surface area contributed by atoms with Gasteiger partial charge < -0.3 is 4.90 Å². The van der Waals surface area contributed by atoms with Gasteiger partial charge in [-0.05, 0) is 25.2 Å². The van der Waals surface area contributed by atoms with Crippen LogP contribution in [0.1, 0.15) is 19.3 Å². The second-order valence-corrected chi connectivity index (χ2v) is 4.90. The first-order chi connectivity index (χ1) is 7.78. The van der Waals surface area contributed by atoms with E-state index in [4.69, 9.17) is 17.4 Å². The van der Waals surface area contributed by atoms with E-state index in [-0.39, 0.29) is 0 Å². The molecule has 2 atom stereocenters. The lowest BCUT2D eigenvalue weighted by atomic mass is 10.1. The fourth-order valence-corrected chi connectivity index (χ4v) is 3.01. The molecule has 2 fully saturated rings. The molecule has 5 nitrogen and oxygen atoms in total. The molecule has 1 saturated carbocycles. The van der Waals surface area contributed by atoms with Crippen molar-refractivity contribution in [3.63, 3.8) is 0 Å². The molecule has 86 valence electrons. The Bertz CT molecular complexity index is 410. The lowest BCUT2D eigenvalue weighted by Crippen LogP contribution is -2.33. The molecular formula is C10H14ClN5. The van der Waals surface area contributed by atoms with Crippen molar-refractivity contribution in [1.82, 2.24) is 9.97 Å². The van der Waals surface area contributed by atoms with Crippen molar-refractivity contribution in [2.75, 3.05) is 16.9 Å². The maximum atomic E-state index is 6.14. The fraction of sp³-hybridized carbons (Fsp3) is 0.600. The Morgan fingerprint density at radius 3 is 3.00 bits per heavy atom. The van der Waals surface area contributed by atoms with E-state index in [0.29, 0.717) is 17.0 Å². The van der Waals surface area contributed by atoms with Crippen LogP contribution in [0.15, 0.2) is 6.20 Å². The van der Waals surface area contributed by atoms with E-state index in [9.17, 15) is 0 Å². The van der Waals surface area contributed by atoms with Gasteiger partial charge in [0, 0.05) is 12.6 Å². The minimum atomic E-state index is 0.419. The highest BCUT2D eigenvalue weighted by Crippen LogP contribution is 2.41. The number of hydrazine groups is 1. The summed E-state index contributed by atoms with van der Waals surface area (Å²) < 4.78 is 0. The van der Waals surface area contributed by atoms with Crippen LogP contribution in [0.2, 0.25) is 5.02 Å². The van der Waals surface area contributed by atoms with Gasteiger partial charge in [0.05, 0.1) is 6.20 Å². The predicted octanol–water partition coefficient (Wildman–Crippen LogP) is 1.40. The van der Waals surface area contributed by atoms with E-state index in [1.165, 1.54) is 19.3 Å². The van der Waals surface area contributed by atoms with Crippen LogP contribution in [0, 0.1) is 5.92 Å². The SMILES string of the molecule is NNc1ncc(Cl)c(N2CC3CCC2C3)n1. The van der Waals surface area contributed by atoms with Gasteiger partial charge in [0.25, 0.3) is 0 Å². The van der Waals surface area contributed by atoms with Crippen molar-refractivity contribution in [2.24, 2.45) is 11.8 Å². The lowest BCUT2D eigenvalue weighted by molar-refractivity contribution is 0.550. The van der Waals surface area contributed by atoms with Crippen LogP contribution in [0.3, 0.4) is 0 Å². The number of anilines is 2. The number of fused-ring (bicyclic) bond motifs is 2. The van der Waals surface area contributed by atoms with Gasteiger partial charge in [-0.3, -0.25) is 5.43 Å². The highest BCUT2D eigenvalue weighted by molar-refractivity contribution is 6.32. The number of piperidine rings is 1. The summed E-state index contributed by atoms with van der Waals surface area (Å²) in [7, 11) is 0. The third kappa shape index (κ3) is 1.51. The van der Waals surface area contributed by atoms with Crippen molar-refractivity contribution >= 4 is 23.4 Å². The molecule has 2 heterocycles. The lowest BCUT2D eigenvalue weighted by Gasteiger charge is -2.28. The Balaban J connectivity index is 1.93. The molecule has 6 heteroatoms. The summed E-state index contributed by atoms with van der Waals surface area (Å²) in [6.07, 6.45) is 5.46. The predicted molar refractivity (Wildman–Crippen MR) is 63.3 cm³/mol. The first-order valence-corrected chi connectivity index (χ1v) is 5.91. The Kier molecular flexibility index (Phi) is 2.37. The molecule has 1 aliphatic carbocycles. The third-order valence-corrected chi connectivity index (χ3v) is 3.80. The van der Waals surface area contributed by atoms with E-state index >= 15 is 0 Å². The van der Waals surface area contributed by atoms with Crippen LogP contribution in [0.4, 0.5) is 11.8 Å². The number of hydrogen-bond acceptors (Lipinski definition) is 5. The molecule has 1 aliphatic heterocycles. The molecule has 1 aromatic rings. The summed E-state index contributed by atoms with van der Waals surface area (Å²) in [5.41, 5.74) is 2.45. The van der Waals surface area contributed by atoms with Gasteiger partial charge in [0.2, 0.25) is 5.95 Å². The average Bonchev–Trinajstić information content (AvgIpc) is 2.91. The van der Waals surface area contributed by atoms with Crippen molar-refractivity contribution in [3.8, 4) is 0 Å². The largest absolute Gasteiger partial charge is 0.352 e.